The molecular formula is C51H28N6. The second-order valence-electron chi connectivity index (χ2n) is 14.2. The minimum absolute atomic E-state index is 0.533. The summed E-state index contributed by atoms with van der Waals surface area (Å²) in [4.78, 5) is 7.34. The van der Waals surface area contributed by atoms with Crippen molar-refractivity contribution in [1.82, 2.24) is 13.7 Å². The molecule has 0 fully saturated rings. The number of nitriles is 1. The summed E-state index contributed by atoms with van der Waals surface area (Å²) in [6.07, 6.45) is 0. The Morgan fingerprint density at radius 2 is 0.912 bits per heavy atom. The predicted octanol–water partition coefficient (Wildman–Crippen LogP) is 13.6. The third-order valence-corrected chi connectivity index (χ3v) is 11.3. The van der Waals surface area contributed by atoms with Gasteiger partial charge < -0.3 is 13.7 Å². The van der Waals surface area contributed by atoms with Crippen molar-refractivity contribution in [3.63, 3.8) is 0 Å². The number of hydrogen-bond donors (Lipinski definition) is 0. The highest BCUT2D eigenvalue weighted by atomic mass is 15.1. The van der Waals surface area contributed by atoms with E-state index in [0.29, 0.717) is 16.9 Å². The Balaban J connectivity index is 1.17. The van der Waals surface area contributed by atoms with Crippen LogP contribution in [0.15, 0.2) is 170 Å². The molecule has 0 saturated heterocycles. The average Bonchev–Trinajstić information content (AvgIpc) is 3.91. The third-order valence-electron chi connectivity index (χ3n) is 11.3. The molecule has 0 saturated carbocycles. The molecule has 3 aromatic heterocycles. The van der Waals surface area contributed by atoms with Crippen LogP contribution >= 0.6 is 0 Å². The Kier molecular flexibility index (Phi) is 6.95. The maximum Gasteiger partial charge on any atom is 0.188 e. The van der Waals surface area contributed by atoms with Crippen LogP contribution in [0.5, 0.6) is 0 Å². The van der Waals surface area contributed by atoms with Crippen LogP contribution < -0.4 is 0 Å². The van der Waals surface area contributed by atoms with Gasteiger partial charge in [0.2, 0.25) is 0 Å². The zero-order chi connectivity index (χ0) is 38.2. The smallest absolute Gasteiger partial charge is 0.188 e. The van der Waals surface area contributed by atoms with Gasteiger partial charge in [0.15, 0.2) is 11.4 Å². The standard InChI is InChI=1S/C51H28N6/c1-53-33-22-26-48-42(29-33)43-30-34(54-2)23-27-49(43)55(48)35-24-25-36(32(28-35)31-52)37-12-3-9-19-46(37)57-47-20-10-6-15-40(47)41-16-11-21-50(51(41)57)56-44-17-7-4-13-38(44)39-14-5-8-18-45(39)56/h3-30H. The Labute approximate surface area is 327 Å². The lowest BCUT2D eigenvalue weighted by atomic mass is 9.97. The number of benzene rings is 8. The second kappa shape index (κ2) is 12.3. The van der Waals surface area contributed by atoms with Gasteiger partial charge in [-0.2, -0.15) is 5.26 Å². The molecule has 3 heterocycles. The first-order chi connectivity index (χ1) is 28.2. The molecule has 0 bridgehead atoms. The monoisotopic (exact) mass is 724 g/mol. The van der Waals surface area contributed by atoms with Crippen molar-refractivity contribution >= 4 is 76.8 Å². The molecular weight excluding hydrogens is 697 g/mol. The van der Waals surface area contributed by atoms with Crippen LogP contribution in [0.2, 0.25) is 0 Å². The lowest BCUT2D eigenvalue weighted by molar-refractivity contribution is 1.13. The normalized spacial score (nSPS) is 11.5. The second-order valence-corrected chi connectivity index (χ2v) is 14.2. The largest absolute Gasteiger partial charge is 0.309 e. The zero-order valence-corrected chi connectivity index (χ0v) is 30.3. The van der Waals surface area contributed by atoms with Crippen molar-refractivity contribution in [3.05, 3.63) is 198 Å². The van der Waals surface area contributed by atoms with E-state index in [4.69, 9.17) is 13.1 Å². The summed E-state index contributed by atoms with van der Waals surface area (Å²) in [5, 5.41) is 17.3. The molecule has 11 aromatic rings. The number of fused-ring (bicyclic) bond motifs is 9. The van der Waals surface area contributed by atoms with Gasteiger partial charge in [-0.05, 0) is 77.5 Å². The maximum atomic E-state index is 10.9. The molecule has 57 heavy (non-hydrogen) atoms. The zero-order valence-electron chi connectivity index (χ0n) is 30.3. The number of nitrogens with zero attached hydrogens (tertiary/aromatic N) is 6. The van der Waals surface area contributed by atoms with Gasteiger partial charge >= 0.3 is 0 Å². The van der Waals surface area contributed by atoms with E-state index < -0.39 is 0 Å². The molecule has 0 spiro atoms. The van der Waals surface area contributed by atoms with E-state index >= 15 is 0 Å². The van der Waals surface area contributed by atoms with Gasteiger partial charge in [0.1, 0.15) is 0 Å². The molecule has 0 aliphatic rings. The van der Waals surface area contributed by atoms with Crippen LogP contribution in [0.1, 0.15) is 5.56 Å². The first-order valence-corrected chi connectivity index (χ1v) is 18.6. The number of aromatic nitrogens is 3. The molecule has 6 nitrogen and oxygen atoms in total. The number of rotatable bonds is 4. The summed E-state index contributed by atoms with van der Waals surface area (Å²) in [7, 11) is 0. The molecule has 0 radical (unpaired) electrons. The molecule has 8 aromatic carbocycles. The molecule has 0 aliphatic heterocycles. The number of hydrogen-bond acceptors (Lipinski definition) is 1. The van der Waals surface area contributed by atoms with E-state index in [-0.39, 0.29) is 0 Å². The van der Waals surface area contributed by atoms with Crippen LogP contribution in [0.4, 0.5) is 11.4 Å². The molecule has 0 unspecified atom stereocenters. The third kappa shape index (κ3) is 4.61. The van der Waals surface area contributed by atoms with Crippen LogP contribution in [-0.2, 0) is 0 Å². The summed E-state index contributed by atoms with van der Waals surface area (Å²) in [6.45, 7) is 15.3. The van der Waals surface area contributed by atoms with Gasteiger partial charge in [-0.25, -0.2) is 9.69 Å². The SMILES string of the molecule is [C-]#[N+]c1ccc2c(c1)c1cc([N+]#[C-])ccc1n2-c1ccc(-c2ccccc2-n2c3ccccc3c3cccc(-n4c5ccccc5c5ccccc54)c32)c(C#N)c1. The highest BCUT2D eigenvalue weighted by Gasteiger charge is 2.22. The van der Waals surface area contributed by atoms with E-state index in [2.05, 4.69) is 145 Å². The Morgan fingerprint density at radius 1 is 0.404 bits per heavy atom. The van der Waals surface area contributed by atoms with Crippen LogP contribution in [-0.4, -0.2) is 13.7 Å². The highest BCUT2D eigenvalue weighted by molar-refractivity contribution is 6.16. The van der Waals surface area contributed by atoms with Crippen LogP contribution in [0.3, 0.4) is 0 Å². The van der Waals surface area contributed by atoms with E-state index in [1.165, 1.54) is 10.8 Å². The van der Waals surface area contributed by atoms with Crippen LogP contribution in [0, 0.1) is 24.5 Å². The molecule has 262 valence electrons. The van der Waals surface area contributed by atoms with Gasteiger partial charge in [-0.3, -0.25) is 0 Å². The topological polar surface area (TPSA) is 47.3 Å². The molecule has 0 aliphatic carbocycles. The minimum Gasteiger partial charge on any atom is -0.309 e. The Morgan fingerprint density at radius 3 is 1.53 bits per heavy atom. The highest BCUT2D eigenvalue weighted by Crippen LogP contribution is 2.43. The maximum absolute atomic E-state index is 10.9. The fraction of sp³-hybridized carbons (Fsp3) is 0. The predicted molar refractivity (Wildman–Crippen MR) is 232 cm³/mol. The van der Waals surface area contributed by atoms with Gasteiger partial charge in [0.05, 0.1) is 69.3 Å². The quantitative estimate of drug-likeness (QED) is 0.167. The molecule has 6 heteroatoms. The summed E-state index contributed by atoms with van der Waals surface area (Å²) >= 11 is 0. The van der Waals surface area contributed by atoms with Crippen molar-refractivity contribution in [3.8, 4) is 34.3 Å². The lowest BCUT2D eigenvalue weighted by Gasteiger charge is -2.18. The molecule has 11 rings (SSSR count). The van der Waals surface area contributed by atoms with Crippen molar-refractivity contribution in [2.45, 2.75) is 0 Å². The van der Waals surface area contributed by atoms with E-state index in [0.717, 1.165) is 82.8 Å². The molecule has 0 atom stereocenters. The van der Waals surface area contributed by atoms with Gasteiger partial charge in [0.25, 0.3) is 0 Å². The summed E-state index contributed by atoms with van der Waals surface area (Å²) in [5.74, 6) is 0. The van der Waals surface area contributed by atoms with E-state index in [1.54, 1.807) is 0 Å². The molecule has 0 amide bonds. The van der Waals surface area contributed by atoms with Gasteiger partial charge in [-0.15, -0.1) is 0 Å². The van der Waals surface area contributed by atoms with Crippen LogP contribution in [0.25, 0.3) is 103 Å². The minimum atomic E-state index is 0.533. The van der Waals surface area contributed by atoms with E-state index in [1.807, 2.05) is 54.6 Å². The average molecular weight is 725 g/mol. The summed E-state index contributed by atoms with van der Waals surface area (Å²) in [5.41, 5.74) is 12.5. The Bertz CT molecular complexity index is 3500. The van der Waals surface area contributed by atoms with E-state index in [9.17, 15) is 5.26 Å². The van der Waals surface area contributed by atoms with Gasteiger partial charge in [-0.1, -0.05) is 103 Å². The first-order valence-electron chi connectivity index (χ1n) is 18.6. The van der Waals surface area contributed by atoms with Crippen molar-refractivity contribution in [2.75, 3.05) is 0 Å². The molecule has 0 N–H and O–H groups in total. The lowest BCUT2D eigenvalue weighted by Crippen LogP contribution is -2.03. The van der Waals surface area contributed by atoms with Crippen molar-refractivity contribution in [2.24, 2.45) is 0 Å². The Hall–Kier alpha value is -8.37. The first kappa shape index (κ1) is 32.1. The van der Waals surface area contributed by atoms with Gasteiger partial charge in [0, 0.05) is 38.4 Å². The number of para-hydroxylation sites is 5. The summed E-state index contributed by atoms with van der Waals surface area (Å²) < 4.78 is 6.87. The van der Waals surface area contributed by atoms with Crippen molar-refractivity contribution in [1.29, 1.82) is 5.26 Å². The fourth-order valence-corrected chi connectivity index (χ4v) is 8.92. The fourth-order valence-electron chi connectivity index (χ4n) is 8.92. The summed E-state index contributed by atoms with van der Waals surface area (Å²) in [6, 6.07) is 60.5. The van der Waals surface area contributed by atoms with Crippen molar-refractivity contribution < 1.29 is 0 Å².